The van der Waals surface area contributed by atoms with Crippen LogP contribution in [-0.4, -0.2) is 33.8 Å². The molecule has 9 heteroatoms. The molecule has 122 valence electrons. The topological polar surface area (TPSA) is 86.1 Å². The highest BCUT2D eigenvalue weighted by atomic mass is 19.1. The van der Waals surface area contributed by atoms with E-state index in [2.05, 4.69) is 20.1 Å². The Bertz CT molecular complexity index is 721. The van der Waals surface area contributed by atoms with Crippen LogP contribution in [-0.2, 0) is 26.4 Å². The maximum atomic E-state index is 14.0. The average molecular weight is 324 g/mol. The van der Waals surface area contributed by atoms with Crippen LogP contribution in [0.3, 0.4) is 0 Å². The second kappa shape index (κ2) is 6.51. The van der Waals surface area contributed by atoms with Gasteiger partial charge < -0.3 is 10.1 Å². The van der Waals surface area contributed by atoms with Gasteiger partial charge in [-0.2, -0.15) is 5.10 Å². The van der Waals surface area contributed by atoms with Crippen LogP contribution < -0.4 is 5.32 Å². The first-order valence-corrected chi connectivity index (χ1v) is 6.54. The Balaban J connectivity index is 2.33. The van der Waals surface area contributed by atoms with Crippen molar-refractivity contribution in [1.82, 2.24) is 20.1 Å². The number of carbonyl (C=O) groups excluding carboxylic acids is 2. The maximum Gasteiger partial charge on any atom is 0.336 e. The van der Waals surface area contributed by atoms with Gasteiger partial charge in [-0.05, 0) is 25.1 Å². The average Bonchev–Trinajstić information content (AvgIpc) is 3.01. The molecule has 2 aromatic rings. The largest absolute Gasteiger partial charge is 0.467 e. The van der Waals surface area contributed by atoms with Gasteiger partial charge >= 0.3 is 5.97 Å². The molecule has 0 aliphatic rings. The predicted octanol–water partition coefficient (Wildman–Crippen LogP) is 0.761. The fraction of sp³-hybridized carbons (Fsp3) is 0.286. The quantitative estimate of drug-likeness (QED) is 0.821. The molecule has 1 aromatic carbocycles. The van der Waals surface area contributed by atoms with Crippen molar-refractivity contribution in [1.29, 1.82) is 0 Å². The number of nitrogens with zero attached hydrogens (tertiary/aromatic N) is 3. The van der Waals surface area contributed by atoms with Crippen molar-refractivity contribution in [2.45, 2.75) is 19.0 Å². The number of nitrogens with one attached hydrogen (secondary N) is 1. The minimum Gasteiger partial charge on any atom is -0.467 e. The van der Waals surface area contributed by atoms with Crippen LogP contribution in [0.4, 0.5) is 8.78 Å². The summed E-state index contributed by atoms with van der Waals surface area (Å²) < 4.78 is 33.3. The van der Waals surface area contributed by atoms with E-state index in [0.717, 1.165) is 25.3 Å². The molecule has 1 atom stereocenters. The van der Waals surface area contributed by atoms with E-state index in [1.807, 2.05) is 0 Å². The molecular formula is C14H14F2N4O3. The molecule has 1 amide bonds. The van der Waals surface area contributed by atoms with Gasteiger partial charge in [-0.25, -0.2) is 23.2 Å². The number of ether oxygens (including phenoxy) is 1. The van der Waals surface area contributed by atoms with Crippen LogP contribution >= 0.6 is 0 Å². The van der Waals surface area contributed by atoms with E-state index in [9.17, 15) is 18.4 Å². The third kappa shape index (κ3) is 3.50. The summed E-state index contributed by atoms with van der Waals surface area (Å²) in [7, 11) is 1.08. The molecule has 1 N–H and O–H groups in total. The first-order valence-electron chi connectivity index (χ1n) is 6.54. The molecule has 0 radical (unpaired) electrons. The number of hydrogen-bond donors (Lipinski definition) is 1. The molecular weight excluding hydrogens is 310 g/mol. The zero-order valence-electron chi connectivity index (χ0n) is 12.4. The van der Waals surface area contributed by atoms with Gasteiger partial charge in [-0.1, -0.05) is 0 Å². The van der Waals surface area contributed by atoms with E-state index in [-0.39, 0.29) is 12.1 Å². The smallest absolute Gasteiger partial charge is 0.336 e. The summed E-state index contributed by atoms with van der Waals surface area (Å²) in [6.07, 6.45) is 2.54. The molecule has 23 heavy (non-hydrogen) atoms. The van der Waals surface area contributed by atoms with Crippen LogP contribution in [0, 0.1) is 11.6 Å². The van der Waals surface area contributed by atoms with Crippen molar-refractivity contribution in [2.24, 2.45) is 0 Å². The van der Waals surface area contributed by atoms with Gasteiger partial charge in [0.1, 0.15) is 30.8 Å². The Labute approximate surface area is 130 Å². The minimum atomic E-state index is -1.89. The van der Waals surface area contributed by atoms with Gasteiger partial charge in [0.25, 0.3) is 0 Å². The van der Waals surface area contributed by atoms with Crippen molar-refractivity contribution < 1.29 is 23.1 Å². The molecule has 0 saturated heterocycles. The van der Waals surface area contributed by atoms with Crippen LogP contribution in [0.2, 0.25) is 0 Å². The number of halogens is 2. The number of carbonyl (C=O) groups is 2. The van der Waals surface area contributed by atoms with Gasteiger partial charge in [0, 0.05) is 5.56 Å². The molecule has 0 fully saturated rings. The molecule has 0 unspecified atom stereocenters. The van der Waals surface area contributed by atoms with Crippen molar-refractivity contribution in [3.05, 3.63) is 48.1 Å². The molecule has 1 heterocycles. The summed E-state index contributed by atoms with van der Waals surface area (Å²) in [4.78, 5) is 27.8. The zero-order valence-corrected chi connectivity index (χ0v) is 12.4. The molecule has 1 aromatic heterocycles. The fourth-order valence-corrected chi connectivity index (χ4v) is 2.09. The highest BCUT2D eigenvalue weighted by molar-refractivity contribution is 5.88. The van der Waals surface area contributed by atoms with Crippen LogP contribution in [0.1, 0.15) is 12.5 Å². The summed E-state index contributed by atoms with van der Waals surface area (Å²) in [6, 6.07) is 2.62. The highest BCUT2D eigenvalue weighted by Crippen LogP contribution is 2.26. The molecule has 0 aliphatic heterocycles. The first kappa shape index (κ1) is 16.5. The summed E-state index contributed by atoms with van der Waals surface area (Å²) in [5.74, 6) is -3.18. The summed E-state index contributed by atoms with van der Waals surface area (Å²) in [6.45, 7) is 0.986. The fourth-order valence-electron chi connectivity index (χ4n) is 2.09. The lowest BCUT2D eigenvalue weighted by Crippen LogP contribution is -2.51. The lowest BCUT2D eigenvalue weighted by atomic mass is 9.91. The van der Waals surface area contributed by atoms with E-state index >= 15 is 0 Å². The number of rotatable bonds is 5. The molecule has 0 saturated carbocycles. The zero-order chi connectivity index (χ0) is 17.0. The lowest BCUT2D eigenvalue weighted by Gasteiger charge is -2.28. The van der Waals surface area contributed by atoms with E-state index in [4.69, 9.17) is 0 Å². The summed E-state index contributed by atoms with van der Waals surface area (Å²) >= 11 is 0. The molecule has 0 spiro atoms. The Morgan fingerprint density at radius 2 is 2.13 bits per heavy atom. The Hall–Kier alpha value is -2.84. The van der Waals surface area contributed by atoms with Crippen LogP contribution in [0.15, 0.2) is 30.9 Å². The van der Waals surface area contributed by atoms with Crippen molar-refractivity contribution >= 4 is 11.9 Å². The summed E-state index contributed by atoms with van der Waals surface area (Å²) in [5.41, 5.74) is -2.23. The van der Waals surface area contributed by atoms with Crippen molar-refractivity contribution in [3.63, 3.8) is 0 Å². The second-order valence-corrected chi connectivity index (χ2v) is 4.88. The second-order valence-electron chi connectivity index (χ2n) is 4.88. The van der Waals surface area contributed by atoms with E-state index in [1.165, 1.54) is 24.3 Å². The molecule has 7 nitrogen and oxygen atoms in total. The highest BCUT2D eigenvalue weighted by Gasteiger charge is 2.40. The van der Waals surface area contributed by atoms with Crippen molar-refractivity contribution in [3.8, 4) is 0 Å². The van der Waals surface area contributed by atoms with E-state index < -0.39 is 29.0 Å². The number of methoxy groups -OCH3 is 1. The SMILES string of the molecule is COC(=O)[C@@](C)(NC(=O)Cn1cncn1)c1cc(F)ccc1F. The number of esters is 1. The van der Waals surface area contributed by atoms with Gasteiger partial charge in [-0.3, -0.25) is 4.79 Å². The normalized spacial score (nSPS) is 13.2. The predicted molar refractivity (Wildman–Crippen MR) is 73.9 cm³/mol. The summed E-state index contributed by atoms with van der Waals surface area (Å²) in [5, 5.41) is 6.11. The Morgan fingerprint density at radius 3 is 2.74 bits per heavy atom. The monoisotopic (exact) mass is 324 g/mol. The number of amides is 1. The number of hydrogen-bond acceptors (Lipinski definition) is 5. The van der Waals surface area contributed by atoms with Gasteiger partial charge in [-0.15, -0.1) is 0 Å². The van der Waals surface area contributed by atoms with Gasteiger partial charge in [0.15, 0.2) is 5.54 Å². The van der Waals surface area contributed by atoms with Crippen LogP contribution in [0.5, 0.6) is 0 Å². The van der Waals surface area contributed by atoms with Gasteiger partial charge in [0.2, 0.25) is 5.91 Å². The first-order chi connectivity index (χ1) is 10.9. The standard InChI is InChI=1S/C14H14F2N4O3/c1-14(13(22)23-2,10-5-9(15)3-4-11(10)16)19-12(21)6-20-8-17-7-18-20/h3-5,7-8H,6H2,1-2H3,(H,19,21)/t14-/m0/s1. The number of aromatic nitrogens is 3. The Kier molecular flexibility index (Phi) is 4.68. The molecule has 0 aliphatic carbocycles. The van der Waals surface area contributed by atoms with Gasteiger partial charge in [0.05, 0.1) is 7.11 Å². The van der Waals surface area contributed by atoms with Crippen LogP contribution in [0.25, 0.3) is 0 Å². The molecule has 2 rings (SSSR count). The number of benzene rings is 1. The third-order valence-electron chi connectivity index (χ3n) is 3.22. The Morgan fingerprint density at radius 1 is 1.39 bits per heavy atom. The van der Waals surface area contributed by atoms with Crippen molar-refractivity contribution in [2.75, 3.05) is 7.11 Å². The third-order valence-corrected chi connectivity index (χ3v) is 3.22. The lowest BCUT2D eigenvalue weighted by molar-refractivity contribution is -0.151. The maximum absolute atomic E-state index is 14.0. The minimum absolute atomic E-state index is 0.247. The molecule has 0 bridgehead atoms. The van der Waals surface area contributed by atoms with E-state index in [0.29, 0.717) is 0 Å². The van der Waals surface area contributed by atoms with E-state index in [1.54, 1.807) is 0 Å².